The summed E-state index contributed by atoms with van der Waals surface area (Å²) < 4.78 is 0. The van der Waals surface area contributed by atoms with Crippen molar-refractivity contribution in [3.05, 3.63) is 0 Å². The molecule has 0 radical (unpaired) electrons. The van der Waals surface area contributed by atoms with Gasteiger partial charge in [-0.25, -0.2) is 4.79 Å². The second-order valence-corrected chi connectivity index (χ2v) is 5.74. The summed E-state index contributed by atoms with van der Waals surface area (Å²) in [5.74, 6) is 0.658. The lowest BCUT2D eigenvalue weighted by molar-refractivity contribution is 0.231. The Morgan fingerprint density at radius 2 is 1.67 bits per heavy atom. The molecule has 0 aromatic rings. The molecule has 104 valence electrons. The normalized spacial score (nSPS) is 23.3. The Morgan fingerprint density at radius 1 is 1.00 bits per heavy atom. The minimum absolute atomic E-state index is 0.0421. The molecule has 2 rings (SSSR count). The van der Waals surface area contributed by atoms with E-state index in [0.717, 1.165) is 32.5 Å². The molecule has 18 heavy (non-hydrogen) atoms. The summed E-state index contributed by atoms with van der Waals surface area (Å²) in [5.41, 5.74) is 0. The van der Waals surface area contributed by atoms with Gasteiger partial charge in [-0.2, -0.15) is 0 Å². The molecule has 2 aliphatic rings. The number of carbonyl (C=O) groups is 1. The molecule has 2 amide bonds. The zero-order chi connectivity index (χ0) is 12.6. The van der Waals surface area contributed by atoms with Gasteiger partial charge in [0.15, 0.2) is 0 Å². The molecule has 1 saturated heterocycles. The lowest BCUT2D eigenvalue weighted by Gasteiger charge is -2.23. The van der Waals surface area contributed by atoms with E-state index >= 15 is 0 Å². The van der Waals surface area contributed by atoms with E-state index in [-0.39, 0.29) is 6.03 Å². The van der Waals surface area contributed by atoms with Crippen molar-refractivity contribution in [1.29, 1.82) is 0 Å². The predicted molar refractivity (Wildman–Crippen MR) is 73.6 cm³/mol. The highest BCUT2D eigenvalue weighted by molar-refractivity contribution is 5.74. The van der Waals surface area contributed by atoms with E-state index < -0.39 is 0 Å². The predicted octanol–water partition coefficient (Wildman–Crippen LogP) is 2.01. The monoisotopic (exact) mass is 253 g/mol. The van der Waals surface area contributed by atoms with E-state index in [9.17, 15) is 4.79 Å². The second-order valence-electron chi connectivity index (χ2n) is 5.74. The molecule has 0 aromatic carbocycles. The fraction of sp³-hybridized carbons (Fsp3) is 0.929. The van der Waals surface area contributed by atoms with E-state index in [2.05, 4.69) is 16.0 Å². The van der Waals surface area contributed by atoms with E-state index in [1.165, 1.54) is 38.5 Å². The largest absolute Gasteiger partial charge is 0.338 e. The first-order chi connectivity index (χ1) is 8.84. The van der Waals surface area contributed by atoms with Crippen LogP contribution in [0, 0.1) is 5.92 Å². The van der Waals surface area contributed by atoms with Crippen LogP contribution >= 0.6 is 0 Å². The summed E-state index contributed by atoms with van der Waals surface area (Å²) in [7, 11) is 0. The topological polar surface area (TPSA) is 53.2 Å². The van der Waals surface area contributed by atoms with Crippen molar-refractivity contribution in [2.24, 2.45) is 5.92 Å². The highest BCUT2D eigenvalue weighted by Gasteiger charge is 2.16. The van der Waals surface area contributed by atoms with Crippen LogP contribution in [0.25, 0.3) is 0 Å². The van der Waals surface area contributed by atoms with Gasteiger partial charge >= 0.3 is 6.03 Å². The molecule has 4 heteroatoms. The van der Waals surface area contributed by atoms with Crippen LogP contribution < -0.4 is 16.0 Å². The summed E-state index contributed by atoms with van der Waals surface area (Å²) in [5, 5.41) is 9.52. The molecule has 1 heterocycles. The van der Waals surface area contributed by atoms with Crippen LogP contribution in [0.5, 0.6) is 0 Å². The molecular weight excluding hydrogens is 226 g/mol. The van der Waals surface area contributed by atoms with Crippen molar-refractivity contribution in [3.8, 4) is 0 Å². The molecule has 0 bridgehead atoms. The number of carbonyl (C=O) groups excluding carboxylic acids is 1. The molecule has 1 aliphatic heterocycles. The fourth-order valence-electron chi connectivity index (χ4n) is 2.98. The van der Waals surface area contributed by atoms with Crippen molar-refractivity contribution in [2.45, 2.75) is 57.4 Å². The summed E-state index contributed by atoms with van der Waals surface area (Å²) >= 11 is 0. The van der Waals surface area contributed by atoms with Crippen molar-refractivity contribution in [2.75, 3.05) is 19.6 Å². The third-order valence-corrected chi connectivity index (χ3v) is 4.20. The van der Waals surface area contributed by atoms with Crippen LogP contribution in [-0.2, 0) is 0 Å². The number of hydrogen-bond donors (Lipinski definition) is 3. The average molecular weight is 253 g/mol. The van der Waals surface area contributed by atoms with Crippen LogP contribution in [0.1, 0.15) is 51.4 Å². The summed E-state index contributed by atoms with van der Waals surface area (Å²) in [6, 6.07) is 0.445. The fourth-order valence-corrected chi connectivity index (χ4v) is 2.98. The van der Waals surface area contributed by atoms with Crippen LogP contribution in [0.2, 0.25) is 0 Å². The van der Waals surface area contributed by atoms with Gasteiger partial charge in [0, 0.05) is 12.6 Å². The Kier molecular flexibility index (Phi) is 5.78. The van der Waals surface area contributed by atoms with Gasteiger partial charge in [-0.05, 0) is 44.7 Å². The summed E-state index contributed by atoms with van der Waals surface area (Å²) in [6.07, 6.45) is 9.86. The van der Waals surface area contributed by atoms with Gasteiger partial charge in [0.05, 0.1) is 0 Å². The first kappa shape index (κ1) is 13.7. The number of piperidine rings is 1. The van der Waals surface area contributed by atoms with Crippen LogP contribution in [-0.4, -0.2) is 31.7 Å². The Labute approximate surface area is 110 Å². The van der Waals surface area contributed by atoms with Crippen LogP contribution in [0.4, 0.5) is 4.79 Å². The van der Waals surface area contributed by atoms with Gasteiger partial charge in [-0.1, -0.05) is 25.7 Å². The summed E-state index contributed by atoms with van der Waals surface area (Å²) in [4.78, 5) is 11.8. The highest BCUT2D eigenvalue weighted by atomic mass is 16.2. The molecule has 0 spiro atoms. The first-order valence-electron chi connectivity index (χ1n) is 7.59. The van der Waals surface area contributed by atoms with Gasteiger partial charge in [0.1, 0.15) is 0 Å². The van der Waals surface area contributed by atoms with Crippen molar-refractivity contribution < 1.29 is 4.79 Å². The molecule has 2 fully saturated rings. The van der Waals surface area contributed by atoms with E-state index in [1.54, 1.807) is 0 Å². The standard InChI is InChI=1S/C14H27N3O/c18-14(16-11-12-7-9-15-10-8-12)17-13-5-3-1-2-4-6-13/h12-13,15H,1-11H2,(H2,16,17,18). The van der Waals surface area contributed by atoms with Gasteiger partial charge in [-0.15, -0.1) is 0 Å². The molecule has 0 unspecified atom stereocenters. The van der Waals surface area contributed by atoms with Crippen molar-refractivity contribution in [3.63, 3.8) is 0 Å². The molecule has 1 saturated carbocycles. The molecule has 3 N–H and O–H groups in total. The number of rotatable bonds is 3. The Morgan fingerprint density at radius 3 is 2.33 bits per heavy atom. The molecule has 0 atom stereocenters. The maximum absolute atomic E-state index is 11.8. The molecule has 1 aliphatic carbocycles. The van der Waals surface area contributed by atoms with Crippen molar-refractivity contribution >= 4 is 6.03 Å². The van der Waals surface area contributed by atoms with Crippen LogP contribution in [0.3, 0.4) is 0 Å². The lowest BCUT2D eigenvalue weighted by Crippen LogP contribution is -2.44. The van der Waals surface area contributed by atoms with Gasteiger partial charge in [0.25, 0.3) is 0 Å². The summed E-state index contributed by atoms with van der Waals surface area (Å²) in [6.45, 7) is 3.02. The Balaban J connectivity index is 1.61. The van der Waals surface area contributed by atoms with Crippen LogP contribution in [0.15, 0.2) is 0 Å². The third-order valence-electron chi connectivity index (χ3n) is 4.20. The van der Waals surface area contributed by atoms with Gasteiger partial charge in [-0.3, -0.25) is 0 Å². The number of urea groups is 1. The molecule has 4 nitrogen and oxygen atoms in total. The number of hydrogen-bond acceptors (Lipinski definition) is 2. The average Bonchev–Trinajstić information content (AvgIpc) is 2.66. The Hall–Kier alpha value is -0.770. The van der Waals surface area contributed by atoms with Gasteiger partial charge in [0.2, 0.25) is 0 Å². The third kappa shape index (κ3) is 4.84. The van der Waals surface area contributed by atoms with E-state index in [1.807, 2.05) is 0 Å². The smallest absolute Gasteiger partial charge is 0.315 e. The number of nitrogens with one attached hydrogen (secondary N) is 3. The van der Waals surface area contributed by atoms with E-state index in [4.69, 9.17) is 0 Å². The zero-order valence-corrected chi connectivity index (χ0v) is 11.3. The van der Waals surface area contributed by atoms with E-state index in [0.29, 0.717) is 12.0 Å². The first-order valence-corrected chi connectivity index (χ1v) is 7.59. The quantitative estimate of drug-likeness (QED) is 0.674. The van der Waals surface area contributed by atoms with Crippen molar-refractivity contribution in [1.82, 2.24) is 16.0 Å². The van der Waals surface area contributed by atoms with Gasteiger partial charge < -0.3 is 16.0 Å². The molecular formula is C14H27N3O. The second kappa shape index (κ2) is 7.62. The minimum atomic E-state index is 0.0421. The maximum atomic E-state index is 11.8. The Bertz CT molecular complexity index is 243. The minimum Gasteiger partial charge on any atom is -0.338 e. The molecule has 0 aromatic heterocycles. The zero-order valence-electron chi connectivity index (χ0n) is 11.3. The highest BCUT2D eigenvalue weighted by Crippen LogP contribution is 2.17. The lowest BCUT2D eigenvalue weighted by atomic mass is 9.98. The SMILES string of the molecule is O=C(NCC1CCNCC1)NC1CCCCCC1. The maximum Gasteiger partial charge on any atom is 0.315 e. The number of amides is 2.